The maximum Gasteiger partial charge on any atom is 0.267 e. The molecule has 3 nitrogen and oxygen atoms in total. The molecule has 0 saturated carbocycles. The van der Waals surface area contributed by atoms with Gasteiger partial charge in [0.25, 0.3) is 10.0 Å². The minimum atomic E-state index is -4.32. The van der Waals surface area contributed by atoms with E-state index in [1.54, 1.807) is 31.2 Å². The summed E-state index contributed by atoms with van der Waals surface area (Å²) in [4.78, 5) is -0.866. The average Bonchev–Trinajstić information content (AvgIpc) is 2.80. The Morgan fingerprint density at radius 3 is 2.45 bits per heavy atom. The average molecular weight is 327 g/mol. The normalized spacial score (nSPS) is 17.6. The van der Waals surface area contributed by atoms with Crippen LogP contribution in [0.4, 0.5) is 18.9 Å². The molecule has 7 heteroatoms. The zero-order valence-corrected chi connectivity index (χ0v) is 12.4. The summed E-state index contributed by atoms with van der Waals surface area (Å²) in [5.74, 6) is -4.91. The van der Waals surface area contributed by atoms with Gasteiger partial charge in [-0.1, -0.05) is 18.2 Å². The van der Waals surface area contributed by atoms with Crippen LogP contribution in [0, 0.1) is 17.5 Å². The highest BCUT2D eigenvalue weighted by molar-refractivity contribution is 7.92. The molecule has 2 aromatic carbocycles. The predicted octanol–water partition coefficient (Wildman–Crippen LogP) is 3.24. The molecule has 0 unspecified atom stereocenters. The Hall–Kier alpha value is -2.02. The van der Waals surface area contributed by atoms with E-state index in [0.29, 0.717) is 18.2 Å². The third-order valence-corrected chi connectivity index (χ3v) is 5.63. The van der Waals surface area contributed by atoms with Gasteiger partial charge in [0.15, 0.2) is 17.5 Å². The third kappa shape index (κ3) is 2.08. The molecule has 0 amide bonds. The molecule has 0 fully saturated rings. The van der Waals surface area contributed by atoms with Crippen LogP contribution in [0.3, 0.4) is 0 Å². The SMILES string of the molecule is C[C@H]1Cc2ccccc2N1S(=O)(=O)c1ccc(F)c(F)c1F. The summed E-state index contributed by atoms with van der Waals surface area (Å²) in [5, 5.41) is 0. The molecule has 22 heavy (non-hydrogen) atoms. The molecule has 0 aliphatic carbocycles. The molecule has 0 radical (unpaired) electrons. The van der Waals surface area contributed by atoms with Crippen molar-refractivity contribution in [1.29, 1.82) is 0 Å². The van der Waals surface area contributed by atoms with Gasteiger partial charge < -0.3 is 0 Å². The highest BCUT2D eigenvalue weighted by atomic mass is 32.2. The van der Waals surface area contributed by atoms with Crippen LogP contribution >= 0.6 is 0 Å². The van der Waals surface area contributed by atoms with Crippen LogP contribution < -0.4 is 4.31 Å². The zero-order chi connectivity index (χ0) is 16.1. The van der Waals surface area contributed by atoms with E-state index in [1.807, 2.05) is 0 Å². The van der Waals surface area contributed by atoms with Crippen LogP contribution in [-0.2, 0) is 16.4 Å². The summed E-state index contributed by atoms with van der Waals surface area (Å²) in [6.07, 6.45) is 0.473. The Morgan fingerprint density at radius 1 is 1.05 bits per heavy atom. The van der Waals surface area contributed by atoms with Crippen LogP contribution in [0.25, 0.3) is 0 Å². The van der Waals surface area contributed by atoms with Gasteiger partial charge in [-0.15, -0.1) is 0 Å². The molecule has 0 bridgehead atoms. The first-order valence-corrected chi connectivity index (χ1v) is 8.04. The Labute approximate surface area is 126 Å². The molecular weight excluding hydrogens is 315 g/mol. The Bertz CT molecular complexity index is 852. The van der Waals surface area contributed by atoms with E-state index in [2.05, 4.69) is 0 Å². The maximum atomic E-state index is 13.9. The number of sulfonamides is 1. The quantitative estimate of drug-likeness (QED) is 0.794. The molecule has 0 N–H and O–H groups in total. The summed E-state index contributed by atoms with van der Waals surface area (Å²) in [6.45, 7) is 1.68. The summed E-state index contributed by atoms with van der Waals surface area (Å²) in [5.41, 5.74) is 1.24. The monoisotopic (exact) mass is 327 g/mol. The largest absolute Gasteiger partial charge is 0.267 e. The number of nitrogens with zero attached hydrogens (tertiary/aromatic N) is 1. The summed E-state index contributed by atoms with van der Waals surface area (Å²) >= 11 is 0. The minimum Gasteiger partial charge on any atom is -0.263 e. The fraction of sp³-hybridized carbons (Fsp3) is 0.200. The van der Waals surface area contributed by atoms with Crippen LogP contribution in [0.1, 0.15) is 12.5 Å². The Balaban J connectivity index is 2.18. The van der Waals surface area contributed by atoms with Gasteiger partial charge in [0.05, 0.1) is 5.69 Å². The molecule has 0 aromatic heterocycles. The number of halogens is 3. The molecule has 2 aromatic rings. The first kappa shape index (κ1) is 14.9. The molecule has 1 atom stereocenters. The highest BCUT2D eigenvalue weighted by Crippen LogP contribution is 2.37. The van der Waals surface area contributed by atoms with E-state index in [9.17, 15) is 21.6 Å². The fourth-order valence-corrected chi connectivity index (χ4v) is 4.47. The van der Waals surface area contributed by atoms with E-state index in [-0.39, 0.29) is 0 Å². The number of anilines is 1. The van der Waals surface area contributed by atoms with Crippen molar-refractivity contribution in [3.8, 4) is 0 Å². The summed E-state index contributed by atoms with van der Waals surface area (Å²) < 4.78 is 66.7. The number of benzene rings is 2. The lowest BCUT2D eigenvalue weighted by Gasteiger charge is -2.24. The van der Waals surface area contributed by atoms with Gasteiger partial charge in [-0.25, -0.2) is 21.6 Å². The molecular formula is C15H12F3NO2S. The van der Waals surface area contributed by atoms with Gasteiger partial charge in [0.1, 0.15) is 4.90 Å². The first-order chi connectivity index (χ1) is 10.3. The van der Waals surface area contributed by atoms with Crippen LogP contribution in [0.5, 0.6) is 0 Å². The van der Waals surface area contributed by atoms with Crippen molar-refractivity contribution in [2.24, 2.45) is 0 Å². The lowest BCUT2D eigenvalue weighted by molar-refractivity contribution is 0.432. The predicted molar refractivity (Wildman–Crippen MR) is 75.6 cm³/mol. The van der Waals surface area contributed by atoms with E-state index in [0.717, 1.165) is 15.9 Å². The lowest BCUT2D eigenvalue weighted by atomic mass is 10.1. The second kappa shape index (κ2) is 5.01. The lowest BCUT2D eigenvalue weighted by Crippen LogP contribution is -2.36. The molecule has 0 saturated heterocycles. The van der Waals surface area contributed by atoms with Crippen molar-refractivity contribution in [3.05, 3.63) is 59.4 Å². The number of fused-ring (bicyclic) bond motifs is 1. The first-order valence-electron chi connectivity index (χ1n) is 6.60. The highest BCUT2D eigenvalue weighted by Gasteiger charge is 2.38. The number of hydrogen-bond acceptors (Lipinski definition) is 2. The summed E-state index contributed by atoms with van der Waals surface area (Å²) in [6, 6.07) is 7.75. The van der Waals surface area contributed by atoms with E-state index in [1.165, 1.54) is 0 Å². The van der Waals surface area contributed by atoms with E-state index in [4.69, 9.17) is 0 Å². The third-order valence-electron chi connectivity index (χ3n) is 3.68. The maximum absolute atomic E-state index is 13.9. The molecule has 1 aliphatic rings. The van der Waals surface area contributed by atoms with Crippen molar-refractivity contribution in [1.82, 2.24) is 0 Å². The van der Waals surface area contributed by atoms with E-state index >= 15 is 0 Å². The standard InChI is InChI=1S/C15H12F3NO2S/c1-9-8-10-4-2-3-5-12(10)19(9)22(20,21)13-7-6-11(16)14(17)15(13)18/h2-7,9H,8H2,1H3/t9-/m0/s1. The van der Waals surface area contributed by atoms with Crippen LogP contribution in [0.2, 0.25) is 0 Å². The van der Waals surface area contributed by atoms with Gasteiger partial charge in [-0.3, -0.25) is 4.31 Å². The second-order valence-corrected chi connectivity index (χ2v) is 6.94. The van der Waals surface area contributed by atoms with Crippen molar-refractivity contribution in [2.45, 2.75) is 24.3 Å². The van der Waals surface area contributed by atoms with Gasteiger partial charge in [0.2, 0.25) is 0 Å². The number of hydrogen-bond donors (Lipinski definition) is 0. The molecule has 1 heterocycles. The Kier molecular flexibility index (Phi) is 3.40. The molecule has 1 aliphatic heterocycles. The molecule has 0 spiro atoms. The van der Waals surface area contributed by atoms with E-state index < -0.39 is 38.4 Å². The second-order valence-electron chi connectivity index (χ2n) is 5.16. The van der Waals surface area contributed by atoms with Crippen molar-refractivity contribution in [2.75, 3.05) is 4.31 Å². The summed E-state index contributed by atoms with van der Waals surface area (Å²) in [7, 11) is -4.32. The van der Waals surface area contributed by atoms with Crippen molar-refractivity contribution < 1.29 is 21.6 Å². The smallest absolute Gasteiger partial charge is 0.263 e. The van der Waals surface area contributed by atoms with Crippen LogP contribution in [-0.4, -0.2) is 14.5 Å². The molecule has 116 valence electrons. The fourth-order valence-electron chi connectivity index (χ4n) is 2.72. The van der Waals surface area contributed by atoms with Gasteiger partial charge in [-0.05, 0) is 37.1 Å². The topological polar surface area (TPSA) is 37.4 Å². The minimum absolute atomic E-state index is 0.430. The van der Waals surface area contributed by atoms with Crippen molar-refractivity contribution >= 4 is 15.7 Å². The van der Waals surface area contributed by atoms with Gasteiger partial charge in [0, 0.05) is 6.04 Å². The number of rotatable bonds is 2. The van der Waals surface area contributed by atoms with Crippen LogP contribution in [0.15, 0.2) is 41.3 Å². The Morgan fingerprint density at radius 2 is 1.73 bits per heavy atom. The van der Waals surface area contributed by atoms with Gasteiger partial charge in [-0.2, -0.15) is 0 Å². The van der Waals surface area contributed by atoms with Gasteiger partial charge >= 0.3 is 0 Å². The van der Waals surface area contributed by atoms with Crippen molar-refractivity contribution in [3.63, 3.8) is 0 Å². The number of para-hydroxylation sites is 1. The molecule has 3 rings (SSSR count). The zero-order valence-electron chi connectivity index (χ0n) is 11.6.